The molecule has 22 heavy (non-hydrogen) atoms. The fraction of sp³-hybridized carbons (Fsp3) is 0.529. The Hall–Kier alpha value is -2.04. The maximum atomic E-state index is 11.9. The number of hydrogen-bond acceptors (Lipinski definition) is 4. The number of rotatable bonds is 7. The van der Waals surface area contributed by atoms with Gasteiger partial charge < -0.3 is 14.8 Å². The van der Waals surface area contributed by atoms with Gasteiger partial charge in [0, 0.05) is 0 Å². The van der Waals surface area contributed by atoms with Crippen LogP contribution >= 0.6 is 0 Å². The number of carbonyl (C=O) groups is 2. The maximum Gasteiger partial charge on any atom is 0.408 e. The van der Waals surface area contributed by atoms with Crippen LogP contribution in [0.4, 0.5) is 4.79 Å². The van der Waals surface area contributed by atoms with Crippen molar-refractivity contribution in [1.82, 2.24) is 5.32 Å². The van der Waals surface area contributed by atoms with E-state index < -0.39 is 12.1 Å². The second kappa shape index (κ2) is 7.82. The average molecular weight is 307 g/mol. The lowest BCUT2D eigenvalue weighted by molar-refractivity contribution is -0.121. The molecule has 0 saturated carbocycles. The van der Waals surface area contributed by atoms with Crippen molar-refractivity contribution in [2.45, 2.75) is 46.8 Å². The van der Waals surface area contributed by atoms with Crippen molar-refractivity contribution in [3.05, 3.63) is 29.8 Å². The average Bonchev–Trinajstić information content (AvgIpc) is 2.50. The van der Waals surface area contributed by atoms with Gasteiger partial charge in [0.15, 0.2) is 5.78 Å². The van der Waals surface area contributed by atoms with E-state index in [2.05, 4.69) is 5.32 Å². The molecule has 0 saturated heterocycles. The van der Waals surface area contributed by atoms with Crippen molar-refractivity contribution in [2.75, 3.05) is 7.11 Å². The van der Waals surface area contributed by atoms with E-state index in [-0.39, 0.29) is 17.8 Å². The molecule has 1 atom stereocenters. The zero-order valence-corrected chi connectivity index (χ0v) is 13.9. The summed E-state index contributed by atoms with van der Waals surface area (Å²) in [5, 5.41) is 2.66. The van der Waals surface area contributed by atoms with Gasteiger partial charge in [-0.1, -0.05) is 32.9 Å². The van der Waals surface area contributed by atoms with Crippen LogP contribution < -0.4 is 10.1 Å². The Bertz CT molecular complexity index is 525. The second-order valence-corrected chi connectivity index (χ2v) is 5.96. The summed E-state index contributed by atoms with van der Waals surface area (Å²) in [4.78, 5) is 23.7. The number of ether oxygens (including phenoxy) is 2. The van der Waals surface area contributed by atoms with Gasteiger partial charge in [0.25, 0.3) is 0 Å². The van der Waals surface area contributed by atoms with E-state index in [1.807, 2.05) is 39.0 Å². The highest BCUT2D eigenvalue weighted by Crippen LogP contribution is 2.25. The van der Waals surface area contributed by atoms with E-state index in [0.29, 0.717) is 5.75 Å². The predicted octanol–water partition coefficient (Wildman–Crippen LogP) is 3.32. The Morgan fingerprint density at radius 3 is 2.55 bits per heavy atom. The molecule has 0 heterocycles. The summed E-state index contributed by atoms with van der Waals surface area (Å²) in [6.07, 6.45) is 0.178. The molecule has 5 heteroatoms. The van der Waals surface area contributed by atoms with Crippen LogP contribution in [0.3, 0.4) is 0 Å². The number of hydrogen-bond donors (Lipinski definition) is 1. The van der Waals surface area contributed by atoms with E-state index in [4.69, 9.17) is 9.47 Å². The van der Waals surface area contributed by atoms with Gasteiger partial charge in [-0.05, 0) is 36.5 Å². The van der Waals surface area contributed by atoms with Crippen LogP contribution in [0.15, 0.2) is 24.3 Å². The monoisotopic (exact) mass is 307 g/mol. The van der Waals surface area contributed by atoms with Gasteiger partial charge in [-0.15, -0.1) is 0 Å². The van der Waals surface area contributed by atoms with Crippen LogP contribution in [0.5, 0.6) is 5.75 Å². The van der Waals surface area contributed by atoms with Gasteiger partial charge in [0.2, 0.25) is 0 Å². The Balaban J connectivity index is 2.62. The molecule has 0 radical (unpaired) electrons. The molecular formula is C17H25NO4. The van der Waals surface area contributed by atoms with E-state index in [1.165, 1.54) is 6.92 Å². The minimum atomic E-state index is -0.593. The molecule has 0 aliphatic carbocycles. The highest BCUT2D eigenvalue weighted by Gasteiger charge is 2.33. The smallest absolute Gasteiger partial charge is 0.408 e. The van der Waals surface area contributed by atoms with Gasteiger partial charge in [0.05, 0.1) is 13.2 Å². The first-order chi connectivity index (χ1) is 10.3. The van der Waals surface area contributed by atoms with Crippen molar-refractivity contribution in [1.29, 1.82) is 0 Å². The molecule has 5 nitrogen and oxygen atoms in total. The number of benzene rings is 1. The van der Waals surface area contributed by atoms with E-state index >= 15 is 0 Å². The molecule has 0 aromatic heterocycles. The number of nitrogens with one attached hydrogen (secondary N) is 1. The molecule has 1 unspecified atom stereocenters. The third-order valence-corrected chi connectivity index (χ3v) is 3.87. The normalized spacial score (nSPS) is 12.4. The topological polar surface area (TPSA) is 64.6 Å². The summed E-state index contributed by atoms with van der Waals surface area (Å²) >= 11 is 0. The highest BCUT2D eigenvalue weighted by atomic mass is 16.5. The Kier molecular flexibility index (Phi) is 6.40. The van der Waals surface area contributed by atoms with Crippen molar-refractivity contribution in [3.63, 3.8) is 0 Å². The van der Waals surface area contributed by atoms with Gasteiger partial charge >= 0.3 is 6.09 Å². The van der Waals surface area contributed by atoms with Crippen LogP contribution in [0.1, 0.15) is 39.7 Å². The third kappa shape index (κ3) is 5.06. The summed E-state index contributed by atoms with van der Waals surface area (Å²) in [7, 11) is 1.58. The quantitative estimate of drug-likeness (QED) is 0.839. The van der Waals surface area contributed by atoms with Gasteiger partial charge in [0.1, 0.15) is 12.4 Å². The molecular weight excluding hydrogens is 282 g/mol. The third-order valence-electron chi connectivity index (χ3n) is 3.87. The van der Waals surface area contributed by atoms with E-state index in [1.54, 1.807) is 13.2 Å². The van der Waals surface area contributed by atoms with Gasteiger partial charge in [-0.3, -0.25) is 4.79 Å². The first kappa shape index (κ1) is 18.0. The molecule has 1 N–H and O–H groups in total. The Morgan fingerprint density at radius 1 is 1.32 bits per heavy atom. The first-order valence-corrected chi connectivity index (χ1v) is 7.37. The first-order valence-electron chi connectivity index (χ1n) is 7.37. The molecule has 0 aliphatic rings. The zero-order chi connectivity index (χ0) is 16.8. The maximum absolute atomic E-state index is 11.9. The second-order valence-electron chi connectivity index (χ2n) is 5.96. The zero-order valence-electron chi connectivity index (χ0n) is 13.9. The van der Waals surface area contributed by atoms with Crippen molar-refractivity contribution >= 4 is 11.9 Å². The summed E-state index contributed by atoms with van der Waals surface area (Å²) in [6, 6.07) is 6.72. The molecule has 1 aromatic carbocycles. The molecule has 1 rings (SSSR count). The van der Waals surface area contributed by atoms with Crippen molar-refractivity contribution < 1.29 is 19.1 Å². The standard InChI is InChI=1S/C17H25NO4/c1-6-17(3,4)15(12(2)19)18-16(20)22-11-13-8-7-9-14(10-13)21-5/h7-10,15H,6,11H2,1-5H3,(H,18,20). The summed E-state index contributed by atoms with van der Waals surface area (Å²) in [5.74, 6) is 0.625. The van der Waals surface area contributed by atoms with Crippen molar-refractivity contribution in [2.24, 2.45) is 5.41 Å². The van der Waals surface area contributed by atoms with Crippen LogP contribution in [0.25, 0.3) is 0 Å². The molecule has 122 valence electrons. The highest BCUT2D eigenvalue weighted by molar-refractivity contribution is 5.86. The van der Waals surface area contributed by atoms with E-state index in [9.17, 15) is 9.59 Å². The number of carbonyl (C=O) groups excluding carboxylic acids is 2. The minimum Gasteiger partial charge on any atom is -0.497 e. The molecule has 0 spiro atoms. The van der Waals surface area contributed by atoms with Crippen LogP contribution in [-0.4, -0.2) is 25.0 Å². The van der Waals surface area contributed by atoms with E-state index in [0.717, 1.165) is 12.0 Å². The number of alkyl carbamates (subject to hydrolysis) is 1. The number of amides is 1. The lowest BCUT2D eigenvalue weighted by atomic mass is 9.80. The molecule has 0 aliphatic heterocycles. The largest absolute Gasteiger partial charge is 0.497 e. The SMILES string of the molecule is CCC(C)(C)C(NC(=O)OCc1cccc(OC)c1)C(C)=O. The Morgan fingerprint density at radius 2 is 2.00 bits per heavy atom. The molecule has 0 fully saturated rings. The molecule has 1 aromatic rings. The Labute approximate surface area is 132 Å². The number of methoxy groups -OCH3 is 1. The summed E-state index contributed by atoms with van der Waals surface area (Å²) < 4.78 is 10.3. The fourth-order valence-corrected chi connectivity index (χ4v) is 2.12. The van der Waals surface area contributed by atoms with Crippen molar-refractivity contribution in [3.8, 4) is 5.75 Å². The fourth-order valence-electron chi connectivity index (χ4n) is 2.12. The molecule has 1 amide bonds. The van der Waals surface area contributed by atoms with Gasteiger partial charge in [-0.25, -0.2) is 4.79 Å². The summed E-state index contributed by atoms with van der Waals surface area (Å²) in [5.41, 5.74) is 0.504. The predicted molar refractivity (Wildman–Crippen MR) is 84.9 cm³/mol. The number of Topliss-reactive ketones (excluding diaryl/α,β-unsaturated/α-hetero) is 1. The number of ketones is 1. The van der Waals surface area contributed by atoms with Gasteiger partial charge in [-0.2, -0.15) is 0 Å². The molecule has 0 bridgehead atoms. The summed E-state index contributed by atoms with van der Waals surface area (Å²) in [6.45, 7) is 7.48. The van der Waals surface area contributed by atoms with Crippen LogP contribution in [-0.2, 0) is 16.1 Å². The van der Waals surface area contributed by atoms with Crippen LogP contribution in [0.2, 0.25) is 0 Å². The minimum absolute atomic E-state index is 0.0785. The lowest BCUT2D eigenvalue weighted by Crippen LogP contribution is -2.49. The lowest BCUT2D eigenvalue weighted by Gasteiger charge is -2.31. The van der Waals surface area contributed by atoms with Crippen LogP contribution in [0, 0.1) is 5.41 Å².